The van der Waals surface area contributed by atoms with Crippen LogP contribution in [0, 0.1) is 5.92 Å². The summed E-state index contributed by atoms with van der Waals surface area (Å²) in [7, 11) is 0. The molecule has 0 amide bonds. The van der Waals surface area contributed by atoms with Crippen molar-refractivity contribution in [3.63, 3.8) is 0 Å². The maximum absolute atomic E-state index is 10.6. The molecular weight excluding hydrogens is 336 g/mol. The summed E-state index contributed by atoms with van der Waals surface area (Å²) in [4.78, 5) is 0. The minimum absolute atomic E-state index is 0.579. The fourth-order valence-corrected chi connectivity index (χ4v) is 2.86. The molecule has 2 aromatic carbocycles. The number of aliphatic hydroxyl groups excluding tert-OH is 1. The fraction of sp³-hybridized carbons (Fsp3) is 0.294. The van der Waals surface area contributed by atoms with E-state index in [9.17, 15) is 5.11 Å². The van der Waals surface area contributed by atoms with Crippen molar-refractivity contribution in [2.24, 2.45) is 5.92 Å². The molecule has 2 aromatic rings. The molecule has 0 heterocycles. The van der Waals surface area contributed by atoms with Gasteiger partial charge in [-0.3, -0.25) is 0 Å². The van der Waals surface area contributed by atoms with Gasteiger partial charge in [0.2, 0.25) is 0 Å². The van der Waals surface area contributed by atoms with Crippen molar-refractivity contribution >= 4 is 27.5 Å². The van der Waals surface area contributed by atoms with Crippen molar-refractivity contribution in [2.75, 3.05) is 0 Å². The molecule has 106 valence electrons. The molecule has 0 saturated heterocycles. The van der Waals surface area contributed by atoms with E-state index in [4.69, 9.17) is 11.6 Å². The summed E-state index contributed by atoms with van der Waals surface area (Å²) >= 11 is 9.60. The predicted octanol–water partition coefficient (Wildman–Crippen LogP) is 5.38. The third-order valence-corrected chi connectivity index (χ3v) is 4.00. The van der Waals surface area contributed by atoms with Gasteiger partial charge in [-0.1, -0.05) is 65.6 Å². The molecular formula is C17H18BrClO. The Hall–Kier alpha value is -0.830. The van der Waals surface area contributed by atoms with Crippen LogP contribution in [0.25, 0.3) is 0 Å². The molecule has 0 bridgehead atoms. The molecule has 1 unspecified atom stereocenters. The first-order valence-electron chi connectivity index (χ1n) is 6.69. The first-order valence-corrected chi connectivity index (χ1v) is 7.86. The van der Waals surface area contributed by atoms with Crippen LogP contribution in [0.4, 0.5) is 0 Å². The van der Waals surface area contributed by atoms with E-state index in [1.807, 2.05) is 24.3 Å². The van der Waals surface area contributed by atoms with Crippen molar-refractivity contribution in [3.05, 3.63) is 68.7 Å². The van der Waals surface area contributed by atoms with Crippen molar-refractivity contribution in [3.8, 4) is 0 Å². The highest BCUT2D eigenvalue weighted by Crippen LogP contribution is 2.31. The second-order valence-corrected chi connectivity index (χ2v) is 6.73. The molecule has 0 aromatic heterocycles. The van der Waals surface area contributed by atoms with E-state index in [1.165, 1.54) is 5.56 Å². The van der Waals surface area contributed by atoms with Gasteiger partial charge in [0.15, 0.2) is 0 Å². The minimum Gasteiger partial charge on any atom is -0.384 e. The Labute approximate surface area is 133 Å². The zero-order valence-corrected chi connectivity index (χ0v) is 13.9. The van der Waals surface area contributed by atoms with Gasteiger partial charge in [-0.05, 0) is 41.7 Å². The third kappa shape index (κ3) is 3.85. The largest absolute Gasteiger partial charge is 0.384 e. The van der Waals surface area contributed by atoms with Crippen molar-refractivity contribution < 1.29 is 5.11 Å². The van der Waals surface area contributed by atoms with Gasteiger partial charge in [-0.15, -0.1) is 0 Å². The fourth-order valence-electron chi connectivity index (χ4n) is 2.27. The lowest BCUT2D eigenvalue weighted by molar-refractivity contribution is 0.220. The smallest absolute Gasteiger partial charge is 0.106 e. The Morgan fingerprint density at radius 2 is 1.90 bits per heavy atom. The summed E-state index contributed by atoms with van der Waals surface area (Å²) in [6, 6.07) is 13.6. The Bertz CT molecular complexity index is 595. The maximum Gasteiger partial charge on any atom is 0.106 e. The molecule has 0 aliphatic carbocycles. The van der Waals surface area contributed by atoms with E-state index >= 15 is 0 Å². The van der Waals surface area contributed by atoms with E-state index in [2.05, 4.69) is 41.9 Å². The zero-order valence-electron chi connectivity index (χ0n) is 11.6. The van der Waals surface area contributed by atoms with E-state index in [1.54, 1.807) is 6.07 Å². The number of benzene rings is 2. The Morgan fingerprint density at radius 1 is 1.15 bits per heavy atom. The molecule has 0 saturated carbocycles. The quantitative estimate of drug-likeness (QED) is 0.782. The highest BCUT2D eigenvalue weighted by molar-refractivity contribution is 9.10. The number of aliphatic hydroxyl groups is 1. The lowest BCUT2D eigenvalue weighted by Gasteiger charge is -2.15. The molecule has 1 N–H and O–H groups in total. The summed E-state index contributed by atoms with van der Waals surface area (Å²) in [6.07, 6.45) is 0.305. The average molecular weight is 354 g/mol. The monoisotopic (exact) mass is 352 g/mol. The van der Waals surface area contributed by atoms with Crippen LogP contribution in [0.1, 0.15) is 36.6 Å². The van der Waals surface area contributed by atoms with Gasteiger partial charge in [0.05, 0.1) is 0 Å². The van der Waals surface area contributed by atoms with Crippen molar-refractivity contribution in [1.29, 1.82) is 0 Å². The summed E-state index contributed by atoms with van der Waals surface area (Å²) in [5.74, 6) is 0.594. The molecule has 1 atom stereocenters. The van der Waals surface area contributed by atoms with Gasteiger partial charge in [-0.2, -0.15) is 0 Å². The van der Waals surface area contributed by atoms with E-state index in [-0.39, 0.29) is 0 Å². The molecule has 0 fully saturated rings. The third-order valence-electron chi connectivity index (χ3n) is 3.16. The van der Waals surface area contributed by atoms with Crippen molar-refractivity contribution in [2.45, 2.75) is 26.4 Å². The summed E-state index contributed by atoms with van der Waals surface area (Å²) in [5, 5.41) is 11.1. The van der Waals surface area contributed by atoms with Crippen LogP contribution < -0.4 is 0 Å². The van der Waals surface area contributed by atoms with E-state index in [0.717, 1.165) is 22.0 Å². The topological polar surface area (TPSA) is 20.2 Å². The normalized spacial score (nSPS) is 12.7. The summed E-state index contributed by atoms with van der Waals surface area (Å²) in [5.41, 5.74) is 2.84. The standard InChI is InChI=1S/C17H18BrClO/c1-11(2)8-12-4-3-5-13(9-12)17(20)15-10-14(18)6-7-16(15)19/h3-7,9-11,17,20H,8H2,1-2H3. The van der Waals surface area contributed by atoms with Crippen LogP contribution in [0.15, 0.2) is 46.9 Å². The lowest BCUT2D eigenvalue weighted by atomic mass is 9.96. The molecule has 0 aliphatic rings. The first-order chi connectivity index (χ1) is 9.47. The van der Waals surface area contributed by atoms with Crippen LogP contribution in [0.5, 0.6) is 0 Å². The van der Waals surface area contributed by atoms with Crippen LogP contribution >= 0.6 is 27.5 Å². The molecule has 2 rings (SSSR count). The van der Waals surface area contributed by atoms with E-state index < -0.39 is 6.10 Å². The second kappa shape index (κ2) is 6.75. The predicted molar refractivity (Wildman–Crippen MR) is 88.2 cm³/mol. The molecule has 0 radical (unpaired) electrons. The number of rotatable bonds is 4. The molecule has 3 heteroatoms. The van der Waals surface area contributed by atoms with Crippen LogP contribution in [0.3, 0.4) is 0 Å². The molecule has 0 aliphatic heterocycles. The van der Waals surface area contributed by atoms with Gasteiger partial charge >= 0.3 is 0 Å². The summed E-state index contributed by atoms with van der Waals surface area (Å²) in [6.45, 7) is 4.38. The average Bonchev–Trinajstić information content (AvgIpc) is 2.40. The van der Waals surface area contributed by atoms with Gasteiger partial charge in [0, 0.05) is 15.1 Å². The number of hydrogen-bond donors (Lipinski definition) is 1. The molecule has 1 nitrogen and oxygen atoms in total. The summed E-state index contributed by atoms with van der Waals surface area (Å²) < 4.78 is 0.911. The Morgan fingerprint density at radius 3 is 2.60 bits per heavy atom. The highest BCUT2D eigenvalue weighted by atomic mass is 79.9. The molecule has 0 spiro atoms. The van der Waals surface area contributed by atoms with Crippen LogP contribution in [0.2, 0.25) is 5.02 Å². The number of hydrogen-bond acceptors (Lipinski definition) is 1. The SMILES string of the molecule is CC(C)Cc1cccc(C(O)c2cc(Br)ccc2Cl)c1. The zero-order chi connectivity index (χ0) is 14.7. The van der Waals surface area contributed by atoms with Gasteiger partial charge in [0.25, 0.3) is 0 Å². The number of halogens is 2. The van der Waals surface area contributed by atoms with Gasteiger partial charge in [-0.25, -0.2) is 0 Å². The second-order valence-electron chi connectivity index (χ2n) is 5.41. The highest BCUT2D eigenvalue weighted by Gasteiger charge is 2.15. The lowest BCUT2D eigenvalue weighted by Crippen LogP contribution is -2.02. The minimum atomic E-state index is -0.702. The van der Waals surface area contributed by atoms with Crippen LogP contribution in [-0.2, 0) is 6.42 Å². The van der Waals surface area contributed by atoms with E-state index in [0.29, 0.717) is 10.9 Å². The Balaban J connectivity index is 2.33. The van der Waals surface area contributed by atoms with Crippen molar-refractivity contribution in [1.82, 2.24) is 0 Å². The van der Waals surface area contributed by atoms with Gasteiger partial charge in [0.1, 0.15) is 6.10 Å². The van der Waals surface area contributed by atoms with Gasteiger partial charge < -0.3 is 5.11 Å². The Kier molecular flexibility index (Phi) is 5.25. The first kappa shape index (κ1) is 15.6. The van der Waals surface area contributed by atoms with Crippen LogP contribution in [-0.4, -0.2) is 5.11 Å². The maximum atomic E-state index is 10.6. The molecule has 20 heavy (non-hydrogen) atoms.